The van der Waals surface area contributed by atoms with Crippen molar-refractivity contribution in [3.63, 3.8) is 0 Å². The number of ether oxygens (including phenoxy) is 2. The molecule has 5 nitrogen and oxygen atoms in total. The second-order valence-electron chi connectivity index (χ2n) is 2.07. The molecule has 0 aromatic carbocycles. The summed E-state index contributed by atoms with van der Waals surface area (Å²) < 4.78 is 8.47. The molecule has 0 saturated carbocycles. The summed E-state index contributed by atoms with van der Waals surface area (Å²) in [5, 5.41) is 0. The summed E-state index contributed by atoms with van der Waals surface area (Å²) in [6.45, 7) is 3.11. The number of carbonyl (C=O) groups is 3. The molecule has 0 rings (SSSR count). The molecule has 0 atom stereocenters. The molecule has 0 saturated heterocycles. The van der Waals surface area contributed by atoms with E-state index in [2.05, 4.69) is 16.1 Å². The fourth-order valence-electron chi connectivity index (χ4n) is 0.511. The van der Waals surface area contributed by atoms with Gasteiger partial charge in [0.05, 0.1) is 20.0 Å². The van der Waals surface area contributed by atoms with Gasteiger partial charge in [0, 0.05) is 6.08 Å². The summed E-state index contributed by atoms with van der Waals surface area (Å²) in [5.74, 6) is -2.12. The third-order valence-corrected chi connectivity index (χ3v) is 1.14. The molecule has 0 bridgehead atoms. The predicted octanol–water partition coefficient (Wildman–Crippen LogP) is -0.453. The van der Waals surface area contributed by atoms with Gasteiger partial charge in [0.1, 0.15) is 0 Å². The van der Waals surface area contributed by atoms with E-state index in [1.807, 2.05) is 0 Å². The second kappa shape index (κ2) is 8.93. The third-order valence-electron chi connectivity index (χ3n) is 1.14. The fourth-order valence-corrected chi connectivity index (χ4v) is 0.511. The molecule has 0 fully saturated rings. The van der Waals surface area contributed by atoms with Gasteiger partial charge < -0.3 is 9.47 Å². The molecule has 14 heavy (non-hydrogen) atoms. The molecular weight excluding hydrogens is 199 g/mol. The zero-order chi connectivity index (χ0) is 10.3. The molecule has 6 heteroatoms. The van der Waals surface area contributed by atoms with Crippen LogP contribution in [0.15, 0.2) is 12.7 Å². The fraction of sp³-hybridized carbons (Fsp3) is 0.375. The average molecular weight is 210 g/mol. The molecule has 0 heterocycles. The Morgan fingerprint density at radius 1 is 1.21 bits per heavy atom. The van der Waals surface area contributed by atoms with E-state index < -0.39 is 17.9 Å². The molecule has 0 aromatic heterocycles. The molecule has 0 radical (unpaired) electrons. The average Bonchev–Trinajstić information content (AvgIpc) is 2.13. The van der Waals surface area contributed by atoms with E-state index in [9.17, 15) is 14.4 Å². The van der Waals surface area contributed by atoms with Gasteiger partial charge in [-0.05, 0) is 0 Å². The van der Waals surface area contributed by atoms with Crippen LogP contribution in [0.3, 0.4) is 0 Å². The summed E-state index contributed by atoms with van der Waals surface area (Å²) >= 11 is 0. The number of methoxy groups -OCH3 is 1. The summed E-state index contributed by atoms with van der Waals surface area (Å²) in [6.07, 6.45) is 0.599. The SMILES string of the molecule is C=CC(=O)OC(=O)CCC(=O)OC.[NaH]. The maximum atomic E-state index is 10.7. The van der Waals surface area contributed by atoms with E-state index in [-0.39, 0.29) is 42.4 Å². The van der Waals surface area contributed by atoms with E-state index in [0.717, 1.165) is 6.08 Å². The van der Waals surface area contributed by atoms with Gasteiger partial charge in [-0.25, -0.2) is 4.79 Å². The number of hydrogen-bond acceptors (Lipinski definition) is 5. The number of carbonyl (C=O) groups excluding carboxylic acids is 3. The van der Waals surface area contributed by atoms with Crippen molar-refractivity contribution < 1.29 is 23.9 Å². The molecule has 0 aliphatic rings. The van der Waals surface area contributed by atoms with Crippen LogP contribution in [0.1, 0.15) is 12.8 Å². The molecule has 0 amide bonds. The topological polar surface area (TPSA) is 69.7 Å². The Morgan fingerprint density at radius 3 is 2.14 bits per heavy atom. The van der Waals surface area contributed by atoms with Crippen LogP contribution in [-0.2, 0) is 23.9 Å². The normalized spacial score (nSPS) is 8.07. The van der Waals surface area contributed by atoms with Crippen LogP contribution in [0.4, 0.5) is 0 Å². The Balaban J connectivity index is 0. The van der Waals surface area contributed by atoms with Gasteiger partial charge in [0.25, 0.3) is 0 Å². The quantitative estimate of drug-likeness (QED) is 0.272. The number of esters is 3. The van der Waals surface area contributed by atoms with Crippen molar-refractivity contribution in [1.29, 1.82) is 0 Å². The van der Waals surface area contributed by atoms with Crippen LogP contribution >= 0.6 is 0 Å². The Kier molecular flexibility index (Phi) is 10.1. The van der Waals surface area contributed by atoms with Crippen molar-refractivity contribution >= 4 is 47.5 Å². The summed E-state index contributed by atoms with van der Waals surface area (Å²) in [7, 11) is 1.21. The molecule has 0 aliphatic heterocycles. The van der Waals surface area contributed by atoms with E-state index >= 15 is 0 Å². The Morgan fingerprint density at radius 2 is 1.71 bits per heavy atom. The molecule has 0 unspecified atom stereocenters. The second-order valence-corrected chi connectivity index (χ2v) is 2.07. The van der Waals surface area contributed by atoms with E-state index in [0.29, 0.717) is 0 Å². The van der Waals surface area contributed by atoms with Gasteiger partial charge in [0.15, 0.2) is 0 Å². The maximum absolute atomic E-state index is 10.7. The number of rotatable bonds is 4. The molecule has 0 aliphatic carbocycles. The van der Waals surface area contributed by atoms with Crippen molar-refractivity contribution in [2.45, 2.75) is 12.8 Å². The molecule has 0 N–H and O–H groups in total. The van der Waals surface area contributed by atoms with Crippen LogP contribution in [0.2, 0.25) is 0 Å². The van der Waals surface area contributed by atoms with Crippen molar-refractivity contribution in [2.24, 2.45) is 0 Å². The zero-order valence-electron chi connectivity index (χ0n) is 7.24. The minimum atomic E-state index is -0.824. The Bertz CT molecular complexity index is 236. The van der Waals surface area contributed by atoms with Gasteiger partial charge in [0.2, 0.25) is 0 Å². The van der Waals surface area contributed by atoms with Crippen LogP contribution in [0, 0.1) is 0 Å². The van der Waals surface area contributed by atoms with E-state index in [1.165, 1.54) is 7.11 Å². The molecular formula is C8H11NaO5. The first-order valence-corrected chi connectivity index (χ1v) is 3.54. The van der Waals surface area contributed by atoms with Gasteiger partial charge in [-0.2, -0.15) is 0 Å². The summed E-state index contributed by atoms with van der Waals surface area (Å²) in [5.41, 5.74) is 0. The first kappa shape index (κ1) is 15.8. The monoisotopic (exact) mass is 210 g/mol. The summed E-state index contributed by atoms with van der Waals surface area (Å²) in [4.78, 5) is 31.7. The van der Waals surface area contributed by atoms with E-state index in [1.54, 1.807) is 0 Å². The molecule has 0 spiro atoms. The summed E-state index contributed by atoms with van der Waals surface area (Å²) in [6, 6.07) is 0. The zero-order valence-corrected chi connectivity index (χ0v) is 7.24. The number of hydrogen-bond donors (Lipinski definition) is 0. The molecule has 0 aromatic rings. The van der Waals surface area contributed by atoms with Crippen molar-refractivity contribution in [3.8, 4) is 0 Å². The minimum absolute atomic E-state index is 0. The van der Waals surface area contributed by atoms with Crippen molar-refractivity contribution in [2.75, 3.05) is 7.11 Å². The van der Waals surface area contributed by atoms with Crippen LogP contribution in [0.25, 0.3) is 0 Å². The van der Waals surface area contributed by atoms with E-state index in [4.69, 9.17) is 0 Å². The predicted molar refractivity (Wildman–Crippen MR) is 49.7 cm³/mol. The molecule has 74 valence electrons. The van der Waals surface area contributed by atoms with Crippen LogP contribution in [-0.4, -0.2) is 54.6 Å². The van der Waals surface area contributed by atoms with Crippen LogP contribution < -0.4 is 0 Å². The Hall–Kier alpha value is -0.650. The van der Waals surface area contributed by atoms with Gasteiger partial charge in [-0.3, -0.25) is 9.59 Å². The Labute approximate surface area is 104 Å². The van der Waals surface area contributed by atoms with Gasteiger partial charge >= 0.3 is 47.5 Å². The van der Waals surface area contributed by atoms with Crippen molar-refractivity contribution in [3.05, 3.63) is 12.7 Å². The third kappa shape index (κ3) is 7.97. The van der Waals surface area contributed by atoms with Gasteiger partial charge in [-0.1, -0.05) is 6.58 Å². The van der Waals surface area contributed by atoms with Crippen LogP contribution in [0.5, 0.6) is 0 Å². The first-order chi connectivity index (χ1) is 6.10. The standard InChI is InChI=1S/C8H10O5.Na.H/c1-3-6(9)13-8(11)5-4-7(10)12-2;;/h3H,1,4-5H2,2H3;;. The first-order valence-electron chi connectivity index (χ1n) is 3.54. The van der Waals surface area contributed by atoms with Crippen molar-refractivity contribution in [1.82, 2.24) is 0 Å². The van der Waals surface area contributed by atoms with Gasteiger partial charge in [-0.15, -0.1) is 0 Å².